The quantitative estimate of drug-likeness (QED) is 0.745. The maximum atomic E-state index is 10.3. The molecular weight excluding hydrogens is 206 g/mol. The number of ether oxygens (including phenoxy) is 1. The second-order valence-corrected chi connectivity index (χ2v) is 3.91. The smallest absolute Gasteiger partial charge is 0.211 e. The monoisotopic (exact) mass is 221 g/mol. The lowest BCUT2D eigenvalue weighted by Gasteiger charge is -2.37. The Balaban J connectivity index is 1.88. The van der Waals surface area contributed by atoms with Gasteiger partial charge in [0.1, 0.15) is 12.4 Å². The van der Waals surface area contributed by atoms with Crippen LogP contribution in [0.25, 0.3) is 0 Å². The molecule has 1 aliphatic heterocycles. The highest BCUT2D eigenvalue weighted by Gasteiger charge is 2.24. The molecule has 1 fully saturated rings. The zero-order valence-corrected chi connectivity index (χ0v) is 9.22. The van der Waals surface area contributed by atoms with E-state index in [1.807, 2.05) is 0 Å². The summed E-state index contributed by atoms with van der Waals surface area (Å²) >= 11 is 0. The average molecular weight is 221 g/mol. The van der Waals surface area contributed by atoms with Crippen LogP contribution in [0.3, 0.4) is 0 Å². The largest absolute Gasteiger partial charge is 0.490 e. The minimum Gasteiger partial charge on any atom is -0.490 e. The molecule has 1 amide bonds. The molecule has 86 valence electrons. The van der Waals surface area contributed by atoms with E-state index in [1.54, 1.807) is 18.5 Å². The van der Waals surface area contributed by atoms with Crippen LogP contribution in [0, 0.1) is 0 Å². The van der Waals surface area contributed by atoms with E-state index in [0.29, 0.717) is 30.5 Å². The summed E-state index contributed by atoms with van der Waals surface area (Å²) in [6.45, 7) is 1.81. The van der Waals surface area contributed by atoms with Crippen LogP contribution in [0.1, 0.15) is 6.42 Å². The van der Waals surface area contributed by atoms with Crippen molar-refractivity contribution in [3.63, 3.8) is 0 Å². The van der Waals surface area contributed by atoms with Gasteiger partial charge in [-0.3, -0.25) is 14.7 Å². The van der Waals surface area contributed by atoms with Gasteiger partial charge in [-0.1, -0.05) is 0 Å². The summed E-state index contributed by atoms with van der Waals surface area (Å²) in [6, 6.07) is 2.27. The van der Waals surface area contributed by atoms with Gasteiger partial charge < -0.3 is 10.1 Å². The molecule has 0 spiro atoms. The Kier molecular flexibility index (Phi) is 3.36. The number of nitrogens with zero attached hydrogens (tertiary/aromatic N) is 2. The Hall–Kier alpha value is -1.62. The van der Waals surface area contributed by atoms with E-state index in [0.717, 1.165) is 6.54 Å². The summed E-state index contributed by atoms with van der Waals surface area (Å²) in [5.74, 6) is 0.687. The topological polar surface area (TPSA) is 54.5 Å². The third-order valence-corrected chi connectivity index (χ3v) is 2.82. The predicted molar refractivity (Wildman–Crippen MR) is 60.5 cm³/mol. The average Bonchev–Trinajstić information content (AvgIpc) is 2.28. The molecule has 0 bridgehead atoms. The highest BCUT2D eigenvalue weighted by Crippen LogP contribution is 2.18. The van der Waals surface area contributed by atoms with Crippen molar-refractivity contribution in [3.8, 4) is 5.75 Å². The van der Waals surface area contributed by atoms with Gasteiger partial charge in [0, 0.05) is 12.1 Å². The van der Waals surface area contributed by atoms with Gasteiger partial charge in [0.05, 0.1) is 18.1 Å². The van der Waals surface area contributed by atoms with Crippen LogP contribution >= 0.6 is 0 Å². The van der Waals surface area contributed by atoms with Crippen LogP contribution in [0.4, 0.5) is 5.69 Å². The molecule has 2 rings (SSSR count). The van der Waals surface area contributed by atoms with E-state index in [2.05, 4.69) is 22.2 Å². The minimum atomic E-state index is 0.502. The predicted octanol–water partition coefficient (Wildman–Crippen LogP) is 0.733. The number of aromatic nitrogens is 1. The van der Waals surface area contributed by atoms with Gasteiger partial charge in [-0.05, 0) is 20.0 Å². The first-order chi connectivity index (χ1) is 7.79. The summed E-state index contributed by atoms with van der Waals surface area (Å²) in [5.41, 5.74) is 0.648. The van der Waals surface area contributed by atoms with Crippen molar-refractivity contribution < 1.29 is 9.53 Å². The van der Waals surface area contributed by atoms with Crippen molar-refractivity contribution in [1.82, 2.24) is 9.88 Å². The van der Waals surface area contributed by atoms with Gasteiger partial charge in [0.25, 0.3) is 0 Å². The van der Waals surface area contributed by atoms with Gasteiger partial charge in [0.15, 0.2) is 0 Å². The lowest BCUT2D eigenvalue weighted by Crippen LogP contribution is -2.48. The van der Waals surface area contributed by atoms with Gasteiger partial charge >= 0.3 is 0 Å². The van der Waals surface area contributed by atoms with Crippen LogP contribution < -0.4 is 10.1 Å². The number of carbonyl (C=O) groups excluding carboxylic acids is 1. The third kappa shape index (κ3) is 2.49. The van der Waals surface area contributed by atoms with E-state index in [9.17, 15) is 4.79 Å². The Bertz CT molecular complexity index is 370. The Morgan fingerprint density at radius 1 is 1.69 bits per heavy atom. The molecule has 1 N–H and O–H groups in total. The normalized spacial score (nSPS) is 19.9. The van der Waals surface area contributed by atoms with Crippen molar-refractivity contribution in [1.29, 1.82) is 0 Å². The second kappa shape index (κ2) is 4.94. The lowest BCUT2D eigenvalue weighted by atomic mass is 10.1. The first kappa shape index (κ1) is 10.9. The SMILES string of the molecule is CN1CC[C@@H]1COc1cncc(NC=O)c1. The van der Waals surface area contributed by atoms with Crippen molar-refractivity contribution in [3.05, 3.63) is 18.5 Å². The highest BCUT2D eigenvalue weighted by molar-refractivity contribution is 5.71. The van der Waals surface area contributed by atoms with Crippen LogP contribution in [0.5, 0.6) is 5.75 Å². The number of pyridine rings is 1. The summed E-state index contributed by atoms with van der Waals surface area (Å²) in [4.78, 5) is 16.5. The Morgan fingerprint density at radius 3 is 3.19 bits per heavy atom. The summed E-state index contributed by atoms with van der Waals surface area (Å²) < 4.78 is 5.61. The first-order valence-corrected chi connectivity index (χ1v) is 5.28. The molecule has 1 atom stereocenters. The van der Waals surface area contributed by atoms with Gasteiger partial charge in [-0.25, -0.2) is 0 Å². The summed E-state index contributed by atoms with van der Waals surface area (Å²) in [7, 11) is 2.08. The fourth-order valence-corrected chi connectivity index (χ4v) is 1.62. The van der Waals surface area contributed by atoms with E-state index in [1.165, 1.54) is 6.42 Å². The number of nitrogens with one attached hydrogen (secondary N) is 1. The molecular formula is C11H15N3O2. The van der Waals surface area contributed by atoms with Crippen molar-refractivity contribution in [2.75, 3.05) is 25.5 Å². The van der Waals surface area contributed by atoms with E-state index < -0.39 is 0 Å². The number of hydrogen-bond acceptors (Lipinski definition) is 4. The third-order valence-electron chi connectivity index (χ3n) is 2.82. The molecule has 5 nitrogen and oxygen atoms in total. The van der Waals surface area contributed by atoms with Crippen LogP contribution in [0.15, 0.2) is 18.5 Å². The standard InChI is InChI=1S/C11H15N3O2/c1-14-3-2-10(14)7-16-11-4-9(13-8-15)5-12-6-11/h4-6,8,10H,2-3,7H2,1H3,(H,13,15)/t10-/m1/s1. The molecule has 0 aliphatic carbocycles. The molecule has 2 heterocycles. The van der Waals surface area contributed by atoms with E-state index >= 15 is 0 Å². The number of likely N-dealkylation sites (N-methyl/N-ethyl adjacent to an activating group) is 1. The maximum Gasteiger partial charge on any atom is 0.211 e. The molecule has 0 radical (unpaired) electrons. The molecule has 1 aromatic rings. The molecule has 1 aromatic heterocycles. The number of likely N-dealkylation sites (tertiary alicyclic amines) is 1. The zero-order valence-electron chi connectivity index (χ0n) is 9.22. The van der Waals surface area contributed by atoms with Gasteiger partial charge in [-0.2, -0.15) is 0 Å². The van der Waals surface area contributed by atoms with Crippen LogP contribution in [-0.2, 0) is 4.79 Å². The fourth-order valence-electron chi connectivity index (χ4n) is 1.62. The van der Waals surface area contributed by atoms with Crippen LogP contribution in [-0.4, -0.2) is 42.5 Å². The highest BCUT2D eigenvalue weighted by atomic mass is 16.5. The number of carbonyl (C=O) groups is 1. The summed E-state index contributed by atoms with van der Waals surface area (Å²) in [5, 5.41) is 2.54. The van der Waals surface area contributed by atoms with Crippen molar-refractivity contribution >= 4 is 12.1 Å². The molecule has 1 saturated heterocycles. The van der Waals surface area contributed by atoms with Gasteiger partial charge in [0.2, 0.25) is 6.41 Å². The lowest BCUT2D eigenvalue weighted by molar-refractivity contribution is -0.105. The molecule has 0 aromatic carbocycles. The van der Waals surface area contributed by atoms with Gasteiger partial charge in [-0.15, -0.1) is 0 Å². The number of anilines is 1. The van der Waals surface area contributed by atoms with Crippen molar-refractivity contribution in [2.24, 2.45) is 0 Å². The number of hydrogen-bond donors (Lipinski definition) is 1. The molecule has 1 aliphatic rings. The second-order valence-electron chi connectivity index (χ2n) is 3.91. The molecule has 0 saturated carbocycles. The maximum absolute atomic E-state index is 10.3. The molecule has 0 unspecified atom stereocenters. The minimum absolute atomic E-state index is 0.502. The van der Waals surface area contributed by atoms with Crippen molar-refractivity contribution in [2.45, 2.75) is 12.5 Å². The fraction of sp³-hybridized carbons (Fsp3) is 0.455. The van der Waals surface area contributed by atoms with Crippen LogP contribution in [0.2, 0.25) is 0 Å². The number of rotatable bonds is 5. The first-order valence-electron chi connectivity index (χ1n) is 5.28. The Morgan fingerprint density at radius 2 is 2.56 bits per heavy atom. The Labute approximate surface area is 94.4 Å². The molecule has 5 heteroatoms. The zero-order chi connectivity index (χ0) is 11.4. The molecule has 16 heavy (non-hydrogen) atoms. The van der Waals surface area contributed by atoms with E-state index in [4.69, 9.17) is 4.74 Å². The number of amides is 1. The summed E-state index contributed by atoms with van der Waals surface area (Å²) in [6.07, 6.45) is 5.03. The van der Waals surface area contributed by atoms with E-state index in [-0.39, 0.29) is 0 Å².